The van der Waals surface area contributed by atoms with Crippen molar-refractivity contribution in [3.63, 3.8) is 0 Å². The van der Waals surface area contributed by atoms with Gasteiger partial charge in [-0.3, -0.25) is 14.9 Å². The molecule has 1 heterocycles. The number of carbonyl (C=O) groups excluding carboxylic acids is 2. The summed E-state index contributed by atoms with van der Waals surface area (Å²) in [4.78, 5) is 23.7. The van der Waals surface area contributed by atoms with Crippen molar-refractivity contribution in [1.29, 1.82) is 0 Å². The molecule has 2 fully saturated rings. The number of benzene rings is 1. The van der Waals surface area contributed by atoms with E-state index in [1.165, 1.54) is 5.56 Å². The summed E-state index contributed by atoms with van der Waals surface area (Å²) in [6.07, 6.45) is 2.90. The van der Waals surface area contributed by atoms with E-state index in [2.05, 4.69) is 28.1 Å². The van der Waals surface area contributed by atoms with Crippen LogP contribution >= 0.6 is 11.8 Å². The molecule has 118 valence electrons. The molecule has 3 rings (SSSR count). The predicted octanol–water partition coefficient (Wildman–Crippen LogP) is 1.35. The minimum absolute atomic E-state index is 0.00790. The summed E-state index contributed by atoms with van der Waals surface area (Å²) < 4.78 is 0. The smallest absolute Gasteiger partial charge is 0.223 e. The molecule has 3 N–H and O–H groups in total. The highest BCUT2D eigenvalue weighted by Gasteiger charge is 2.29. The van der Waals surface area contributed by atoms with E-state index in [1.807, 2.05) is 18.2 Å². The molecule has 6 heteroatoms. The Labute approximate surface area is 134 Å². The van der Waals surface area contributed by atoms with Crippen molar-refractivity contribution in [3.05, 3.63) is 35.9 Å². The number of nitrogens with one attached hydrogen (secondary N) is 3. The first kappa shape index (κ1) is 15.4. The van der Waals surface area contributed by atoms with Gasteiger partial charge >= 0.3 is 0 Å². The second-order valence-corrected chi connectivity index (χ2v) is 6.95. The first-order chi connectivity index (χ1) is 10.7. The van der Waals surface area contributed by atoms with Crippen molar-refractivity contribution >= 4 is 23.6 Å². The summed E-state index contributed by atoms with van der Waals surface area (Å²) in [5.41, 5.74) is 1.08. The van der Waals surface area contributed by atoms with E-state index in [9.17, 15) is 9.59 Å². The van der Waals surface area contributed by atoms with Crippen molar-refractivity contribution in [2.24, 2.45) is 0 Å². The van der Waals surface area contributed by atoms with E-state index < -0.39 is 0 Å². The molecule has 1 saturated carbocycles. The molecule has 2 amide bonds. The quantitative estimate of drug-likeness (QED) is 0.740. The molecule has 5 nitrogen and oxygen atoms in total. The van der Waals surface area contributed by atoms with Crippen molar-refractivity contribution in [1.82, 2.24) is 16.0 Å². The van der Waals surface area contributed by atoms with Gasteiger partial charge in [-0.15, -0.1) is 11.8 Å². The van der Waals surface area contributed by atoms with Crippen LogP contribution in [0, 0.1) is 0 Å². The van der Waals surface area contributed by atoms with Gasteiger partial charge in [-0.2, -0.15) is 0 Å². The number of thioether (sulfide) groups is 1. The van der Waals surface area contributed by atoms with Gasteiger partial charge in [-0.25, -0.2) is 0 Å². The molecular weight excluding hydrogens is 298 g/mol. The van der Waals surface area contributed by atoms with Crippen LogP contribution in [0.3, 0.4) is 0 Å². The predicted molar refractivity (Wildman–Crippen MR) is 87.0 cm³/mol. The first-order valence-electron chi connectivity index (χ1n) is 7.69. The average Bonchev–Trinajstić information content (AvgIpc) is 3.29. The molecule has 2 atom stereocenters. The fraction of sp³-hybridized carbons (Fsp3) is 0.500. The summed E-state index contributed by atoms with van der Waals surface area (Å²) in [6, 6.07) is 10.4. The molecule has 2 unspecified atom stereocenters. The number of rotatable bonds is 6. The maximum Gasteiger partial charge on any atom is 0.223 e. The number of amides is 2. The van der Waals surface area contributed by atoms with Crippen LogP contribution in [-0.4, -0.2) is 29.4 Å². The lowest BCUT2D eigenvalue weighted by atomic mass is 10.1. The highest BCUT2D eigenvalue weighted by atomic mass is 32.2. The summed E-state index contributed by atoms with van der Waals surface area (Å²) in [7, 11) is 0. The van der Waals surface area contributed by atoms with Gasteiger partial charge in [0.2, 0.25) is 11.8 Å². The maximum absolute atomic E-state index is 11.9. The molecule has 0 spiro atoms. The Kier molecular flexibility index (Phi) is 5.00. The van der Waals surface area contributed by atoms with Gasteiger partial charge in [0.25, 0.3) is 0 Å². The summed E-state index contributed by atoms with van der Waals surface area (Å²) in [5.74, 6) is 0.870. The summed E-state index contributed by atoms with van der Waals surface area (Å²) in [6.45, 7) is 0. The van der Waals surface area contributed by atoms with Gasteiger partial charge in [-0.1, -0.05) is 30.3 Å². The molecule has 0 bridgehead atoms. The Balaban J connectivity index is 1.47. The normalized spacial score (nSPS) is 24.6. The first-order valence-corrected chi connectivity index (χ1v) is 8.74. The molecule has 22 heavy (non-hydrogen) atoms. The molecule has 0 aromatic heterocycles. The van der Waals surface area contributed by atoms with Crippen LogP contribution in [0.25, 0.3) is 0 Å². The van der Waals surface area contributed by atoms with Crippen LogP contribution in [0.5, 0.6) is 0 Å². The second-order valence-electron chi connectivity index (χ2n) is 5.86. The van der Waals surface area contributed by atoms with Crippen LogP contribution in [0.1, 0.15) is 31.2 Å². The van der Waals surface area contributed by atoms with E-state index in [-0.39, 0.29) is 23.4 Å². The molecule has 1 saturated heterocycles. The van der Waals surface area contributed by atoms with E-state index in [0.29, 0.717) is 18.9 Å². The maximum atomic E-state index is 11.9. The summed E-state index contributed by atoms with van der Waals surface area (Å²) in [5, 5.41) is 9.24. The third-order valence-electron chi connectivity index (χ3n) is 3.74. The SMILES string of the molecule is O=C(CC1CC(=O)NC(SCc2ccccc2)N1)NC1CC1. The molecule has 1 aliphatic carbocycles. The Morgan fingerprint density at radius 3 is 2.77 bits per heavy atom. The molecule has 2 aliphatic rings. The second kappa shape index (κ2) is 7.15. The summed E-state index contributed by atoms with van der Waals surface area (Å²) >= 11 is 1.64. The van der Waals surface area contributed by atoms with Crippen molar-refractivity contribution in [3.8, 4) is 0 Å². The number of carbonyl (C=O) groups is 2. The van der Waals surface area contributed by atoms with E-state index in [1.54, 1.807) is 11.8 Å². The van der Waals surface area contributed by atoms with Crippen LogP contribution in [0.2, 0.25) is 0 Å². The minimum Gasteiger partial charge on any atom is -0.353 e. The molecule has 1 aliphatic heterocycles. The largest absolute Gasteiger partial charge is 0.353 e. The number of hydrogen-bond acceptors (Lipinski definition) is 4. The molecule has 1 aromatic carbocycles. The lowest BCUT2D eigenvalue weighted by Crippen LogP contribution is -2.55. The van der Waals surface area contributed by atoms with Crippen molar-refractivity contribution in [2.45, 2.75) is 49.0 Å². The van der Waals surface area contributed by atoms with Crippen LogP contribution in [-0.2, 0) is 15.3 Å². The van der Waals surface area contributed by atoms with Crippen molar-refractivity contribution in [2.75, 3.05) is 0 Å². The van der Waals surface area contributed by atoms with Gasteiger partial charge in [0, 0.05) is 30.7 Å². The highest BCUT2D eigenvalue weighted by molar-refractivity contribution is 7.99. The third kappa shape index (κ3) is 4.74. The van der Waals surface area contributed by atoms with Gasteiger partial charge < -0.3 is 10.6 Å². The van der Waals surface area contributed by atoms with Gasteiger partial charge in [0.1, 0.15) is 5.50 Å². The lowest BCUT2D eigenvalue weighted by molar-refractivity contribution is -0.125. The Bertz CT molecular complexity index is 533. The zero-order chi connectivity index (χ0) is 15.4. The lowest BCUT2D eigenvalue weighted by Gasteiger charge is -2.31. The van der Waals surface area contributed by atoms with Gasteiger partial charge in [0.15, 0.2) is 0 Å². The monoisotopic (exact) mass is 319 g/mol. The fourth-order valence-corrected chi connectivity index (χ4v) is 3.51. The zero-order valence-electron chi connectivity index (χ0n) is 12.4. The molecule has 1 aromatic rings. The van der Waals surface area contributed by atoms with Crippen LogP contribution in [0.15, 0.2) is 30.3 Å². The van der Waals surface area contributed by atoms with E-state index in [0.717, 1.165) is 18.6 Å². The highest BCUT2D eigenvalue weighted by Crippen LogP contribution is 2.20. The fourth-order valence-electron chi connectivity index (χ4n) is 2.46. The van der Waals surface area contributed by atoms with E-state index in [4.69, 9.17) is 0 Å². The van der Waals surface area contributed by atoms with Gasteiger partial charge in [0.05, 0.1) is 0 Å². The standard InChI is InChI=1S/C16H21N3O2S/c20-14(17-12-6-7-12)8-13-9-15(21)19-16(18-13)22-10-11-4-2-1-3-5-11/h1-5,12-13,16,18H,6-10H2,(H,17,20)(H,19,21). The average molecular weight is 319 g/mol. The molecular formula is C16H21N3O2S. The Morgan fingerprint density at radius 1 is 1.27 bits per heavy atom. The zero-order valence-corrected chi connectivity index (χ0v) is 13.2. The Hall–Kier alpha value is -1.53. The Morgan fingerprint density at radius 2 is 2.05 bits per heavy atom. The molecule has 0 radical (unpaired) electrons. The third-order valence-corrected chi connectivity index (χ3v) is 4.83. The topological polar surface area (TPSA) is 70.2 Å². The van der Waals surface area contributed by atoms with E-state index >= 15 is 0 Å². The van der Waals surface area contributed by atoms with Crippen molar-refractivity contribution < 1.29 is 9.59 Å². The van der Waals surface area contributed by atoms with Crippen LogP contribution in [0.4, 0.5) is 0 Å². The number of hydrogen-bond donors (Lipinski definition) is 3. The minimum atomic E-state index is -0.139. The van der Waals surface area contributed by atoms with Crippen LogP contribution < -0.4 is 16.0 Å². The van der Waals surface area contributed by atoms with Gasteiger partial charge in [-0.05, 0) is 18.4 Å².